The summed E-state index contributed by atoms with van der Waals surface area (Å²) in [5, 5.41) is 1.77. The molecule has 0 unspecified atom stereocenters. The Morgan fingerprint density at radius 2 is 1.67 bits per heavy atom. The van der Waals surface area contributed by atoms with Crippen LogP contribution in [-0.4, -0.2) is 0 Å². The van der Waals surface area contributed by atoms with Crippen molar-refractivity contribution >= 4 is 10.8 Å². The molecule has 0 aromatic heterocycles. The zero-order chi connectivity index (χ0) is 8.39. The fourth-order valence-electron chi connectivity index (χ4n) is 1.26. The summed E-state index contributed by atoms with van der Waals surface area (Å²) in [4.78, 5) is 3.73. The molecule has 2 aromatic rings. The van der Waals surface area contributed by atoms with Crippen LogP contribution in [0.1, 0.15) is 0 Å². The third-order valence-corrected chi connectivity index (χ3v) is 1.83. The van der Waals surface area contributed by atoms with Crippen LogP contribution < -0.4 is 4.94 Å². The van der Waals surface area contributed by atoms with Crippen LogP contribution in [0.2, 0.25) is 0 Å². The van der Waals surface area contributed by atoms with Crippen LogP contribution in [0.4, 0.5) is 4.53 Å². The number of fused-ring (bicyclic) bond motifs is 1. The van der Waals surface area contributed by atoms with Crippen LogP contribution in [-0.2, 0) is 0 Å². The van der Waals surface area contributed by atoms with E-state index in [0.29, 0.717) is 0 Å². The number of halogens is 1. The molecule has 0 aliphatic rings. The first-order valence-corrected chi connectivity index (χ1v) is 3.68. The van der Waals surface area contributed by atoms with Crippen molar-refractivity contribution in [1.29, 1.82) is 0 Å². The molecule has 0 saturated heterocycles. The summed E-state index contributed by atoms with van der Waals surface area (Å²) < 4.78 is 12.0. The SMILES string of the molecule is FOc1cccc2ccccc12. The van der Waals surface area contributed by atoms with Gasteiger partial charge in [0.15, 0.2) is 5.75 Å². The van der Waals surface area contributed by atoms with E-state index in [4.69, 9.17) is 0 Å². The molecule has 0 radical (unpaired) electrons. The van der Waals surface area contributed by atoms with Crippen molar-refractivity contribution in [2.24, 2.45) is 0 Å². The van der Waals surface area contributed by atoms with Crippen LogP contribution in [0.25, 0.3) is 10.8 Å². The van der Waals surface area contributed by atoms with Crippen molar-refractivity contribution in [3.63, 3.8) is 0 Å². The normalized spacial score (nSPS) is 10.1. The molecule has 0 aliphatic carbocycles. The summed E-state index contributed by atoms with van der Waals surface area (Å²) in [5.41, 5.74) is 0. The van der Waals surface area contributed by atoms with E-state index >= 15 is 0 Å². The molecule has 0 amide bonds. The molecule has 60 valence electrons. The number of benzene rings is 2. The summed E-state index contributed by atoms with van der Waals surface area (Å²) in [5.74, 6) is 0.271. The van der Waals surface area contributed by atoms with Gasteiger partial charge < -0.3 is 0 Å². The quantitative estimate of drug-likeness (QED) is 0.626. The second kappa shape index (κ2) is 2.81. The minimum Gasteiger partial charge on any atom is -0.294 e. The van der Waals surface area contributed by atoms with Crippen LogP contribution in [0, 0.1) is 0 Å². The third-order valence-electron chi connectivity index (χ3n) is 1.83. The average molecular weight is 162 g/mol. The highest BCUT2D eigenvalue weighted by Gasteiger charge is 1.99. The molecule has 0 N–H and O–H groups in total. The molecule has 1 nitrogen and oxygen atoms in total. The molecule has 0 aliphatic heterocycles. The largest absolute Gasteiger partial charge is 0.294 e. The van der Waals surface area contributed by atoms with E-state index < -0.39 is 0 Å². The van der Waals surface area contributed by atoms with Gasteiger partial charge in [-0.2, -0.15) is 0 Å². The molecule has 0 atom stereocenters. The molecular formula is C10H7FO. The summed E-state index contributed by atoms with van der Waals surface area (Å²) in [6.07, 6.45) is 0. The van der Waals surface area contributed by atoms with Crippen LogP contribution in [0.5, 0.6) is 5.75 Å². The maximum Gasteiger partial charge on any atom is 0.179 e. The van der Waals surface area contributed by atoms with Gasteiger partial charge in [-0.15, -0.1) is 0 Å². The molecule has 12 heavy (non-hydrogen) atoms. The van der Waals surface area contributed by atoms with Gasteiger partial charge in [0, 0.05) is 9.91 Å². The lowest BCUT2D eigenvalue weighted by molar-refractivity contribution is -0.00423. The maximum atomic E-state index is 12.0. The highest BCUT2D eigenvalue weighted by molar-refractivity contribution is 5.88. The lowest BCUT2D eigenvalue weighted by Crippen LogP contribution is -1.78. The summed E-state index contributed by atoms with van der Waals surface area (Å²) in [7, 11) is 0. The first kappa shape index (κ1) is 7.10. The van der Waals surface area contributed by atoms with Crippen LogP contribution >= 0.6 is 0 Å². The lowest BCUT2D eigenvalue weighted by Gasteiger charge is -1.99. The molecule has 0 saturated carbocycles. The Kier molecular flexibility index (Phi) is 1.67. The van der Waals surface area contributed by atoms with Gasteiger partial charge in [0.05, 0.1) is 0 Å². The molecular weight excluding hydrogens is 155 g/mol. The fourth-order valence-corrected chi connectivity index (χ4v) is 1.26. The highest BCUT2D eigenvalue weighted by atomic mass is 19.3. The smallest absolute Gasteiger partial charge is 0.179 e. The summed E-state index contributed by atoms with van der Waals surface area (Å²) in [6, 6.07) is 12.8. The minimum atomic E-state index is 0.271. The Bertz CT molecular complexity index is 392. The first-order valence-electron chi connectivity index (χ1n) is 3.68. The maximum absolute atomic E-state index is 12.0. The van der Waals surface area contributed by atoms with Crippen LogP contribution in [0.15, 0.2) is 42.5 Å². The lowest BCUT2D eigenvalue weighted by atomic mass is 10.1. The van der Waals surface area contributed by atoms with Crippen LogP contribution in [0.3, 0.4) is 0 Å². The molecule has 2 heteroatoms. The van der Waals surface area contributed by atoms with E-state index in [9.17, 15) is 4.53 Å². The fraction of sp³-hybridized carbons (Fsp3) is 0. The van der Waals surface area contributed by atoms with Crippen molar-refractivity contribution < 1.29 is 9.47 Å². The van der Waals surface area contributed by atoms with E-state index in [1.54, 1.807) is 12.1 Å². The van der Waals surface area contributed by atoms with Gasteiger partial charge in [0.1, 0.15) is 0 Å². The van der Waals surface area contributed by atoms with Crippen molar-refractivity contribution in [3.05, 3.63) is 42.5 Å². The topological polar surface area (TPSA) is 9.23 Å². The van der Waals surface area contributed by atoms with Gasteiger partial charge in [-0.3, -0.25) is 4.94 Å². The van der Waals surface area contributed by atoms with E-state index in [1.165, 1.54) is 0 Å². The average Bonchev–Trinajstić information content (AvgIpc) is 2.17. The third kappa shape index (κ3) is 1.01. The molecule has 0 heterocycles. The van der Waals surface area contributed by atoms with Gasteiger partial charge in [0.2, 0.25) is 0 Å². The molecule has 0 fully saturated rings. The molecule has 0 spiro atoms. The molecule has 0 bridgehead atoms. The Balaban J connectivity index is 2.79. The van der Waals surface area contributed by atoms with E-state index in [-0.39, 0.29) is 5.75 Å². The molecule has 2 aromatic carbocycles. The van der Waals surface area contributed by atoms with Crippen molar-refractivity contribution in [2.45, 2.75) is 0 Å². The van der Waals surface area contributed by atoms with Gasteiger partial charge >= 0.3 is 0 Å². The Morgan fingerprint density at radius 1 is 0.917 bits per heavy atom. The minimum absolute atomic E-state index is 0.271. The van der Waals surface area contributed by atoms with Crippen molar-refractivity contribution in [1.82, 2.24) is 0 Å². The Labute approximate surface area is 69.3 Å². The highest BCUT2D eigenvalue weighted by Crippen LogP contribution is 2.24. The van der Waals surface area contributed by atoms with Crippen molar-refractivity contribution in [3.8, 4) is 5.75 Å². The van der Waals surface area contributed by atoms with E-state index in [1.807, 2.05) is 30.3 Å². The standard InChI is InChI=1S/C10H7FO/c11-12-10-7-3-5-8-4-1-2-6-9(8)10/h1-7H. The Morgan fingerprint density at radius 3 is 2.50 bits per heavy atom. The summed E-state index contributed by atoms with van der Waals surface area (Å²) in [6.45, 7) is 0. The van der Waals surface area contributed by atoms with Gasteiger partial charge in [0.25, 0.3) is 0 Å². The number of rotatable bonds is 1. The number of hydrogen-bond donors (Lipinski definition) is 0. The monoisotopic (exact) mass is 162 g/mol. The van der Waals surface area contributed by atoms with Gasteiger partial charge in [-0.1, -0.05) is 36.4 Å². The Hall–Kier alpha value is -1.57. The predicted molar refractivity (Wildman–Crippen MR) is 45.7 cm³/mol. The van der Waals surface area contributed by atoms with Gasteiger partial charge in [-0.25, -0.2) is 0 Å². The zero-order valence-electron chi connectivity index (χ0n) is 6.33. The summed E-state index contributed by atoms with van der Waals surface area (Å²) >= 11 is 0. The predicted octanol–water partition coefficient (Wildman–Crippen LogP) is 3.10. The van der Waals surface area contributed by atoms with E-state index in [2.05, 4.69) is 4.94 Å². The zero-order valence-corrected chi connectivity index (χ0v) is 6.33. The second-order valence-corrected chi connectivity index (χ2v) is 2.55. The van der Waals surface area contributed by atoms with Crippen molar-refractivity contribution in [2.75, 3.05) is 0 Å². The van der Waals surface area contributed by atoms with Gasteiger partial charge in [-0.05, 0) is 11.5 Å². The first-order chi connectivity index (χ1) is 5.92. The number of hydrogen-bond acceptors (Lipinski definition) is 1. The molecule has 2 rings (SSSR count). The van der Waals surface area contributed by atoms with E-state index in [0.717, 1.165) is 10.8 Å². The second-order valence-electron chi connectivity index (χ2n) is 2.55.